The number of oxazole rings is 1. The van der Waals surface area contributed by atoms with E-state index >= 15 is 0 Å². The van der Waals surface area contributed by atoms with Gasteiger partial charge in [0.05, 0.1) is 18.7 Å². The van der Waals surface area contributed by atoms with Gasteiger partial charge >= 0.3 is 18.0 Å². The number of hydrogen-bond donors (Lipinski definition) is 4. The number of nitrogens with zero attached hydrogens (tertiary/aromatic N) is 1. The van der Waals surface area contributed by atoms with Crippen LogP contribution in [-0.4, -0.2) is 39.2 Å². The molecule has 1 atom stereocenters. The quantitative estimate of drug-likeness (QED) is 0.577. The highest BCUT2D eigenvalue weighted by molar-refractivity contribution is 5.86. The van der Waals surface area contributed by atoms with Crippen LogP contribution < -0.4 is 10.6 Å². The minimum Gasteiger partial charge on any atom is -0.481 e. The minimum atomic E-state index is -1.50. The number of carboxylic acid groups (broad SMARTS) is 2. The average molecular weight is 285 g/mol. The van der Waals surface area contributed by atoms with Crippen molar-refractivity contribution in [3.8, 4) is 0 Å². The Hall–Kier alpha value is -2.58. The van der Waals surface area contributed by atoms with Gasteiger partial charge in [0, 0.05) is 0 Å². The molecule has 0 bridgehead atoms. The summed E-state index contributed by atoms with van der Waals surface area (Å²) in [5.41, 5.74) is 0.691. The van der Waals surface area contributed by atoms with Gasteiger partial charge in [0.2, 0.25) is 5.89 Å². The zero-order valence-corrected chi connectivity index (χ0v) is 11.0. The van der Waals surface area contributed by atoms with Gasteiger partial charge < -0.3 is 25.3 Å². The van der Waals surface area contributed by atoms with Crippen molar-refractivity contribution in [2.24, 2.45) is 0 Å². The summed E-state index contributed by atoms with van der Waals surface area (Å²) in [6.45, 7) is 3.44. The number of carbonyl (C=O) groups excluding carboxylic acids is 1. The summed E-state index contributed by atoms with van der Waals surface area (Å²) in [6, 6.07) is -2.31. The molecule has 0 aliphatic heterocycles. The van der Waals surface area contributed by atoms with Crippen LogP contribution in [0.4, 0.5) is 4.79 Å². The van der Waals surface area contributed by atoms with Crippen molar-refractivity contribution in [2.75, 3.05) is 0 Å². The molecule has 0 saturated heterocycles. The van der Waals surface area contributed by atoms with E-state index in [4.69, 9.17) is 14.6 Å². The van der Waals surface area contributed by atoms with E-state index in [2.05, 4.69) is 10.3 Å². The number of aliphatic carboxylic acids is 2. The molecule has 9 heteroatoms. The van der Waals surface area contributed by atoms with Gasteiger partial charge in [-0.25, -0.2) is 14.6 Å². The Morgan fingerprint density at radius 1 is 1.30 bits per heavy atom. The summed E-state index contributed by atoms with van der Waals surface area (Å²) >= 11 is 0. The zero-order valence-electron chi connectivity index (χ0n) is 11.0. The second-order valence-corrected chi connectivity index (χ2v) is 4.06. The van der Waals surface area contributed by atoms with Crippen LogP contribution in [0.2, 0.25) is 0 Å². The summed E-state index contributed by atoms with van der Waals surface area (Å²) in [5, 5.41) is 21.7. The van der Waals surface area contributed by atoms with Crippen molar-refractivity contribution < 1.29 is 29.0 Å². The van der Waals surface area contributed by atoms with Crippen molar-refractivity contribution in [3.63, 3.8) is 0 Å². The van der Waals surface area contributed by atoms with Gasteiger partial charge in [-0.1, -0.05) is 0 Å². The molecule has 20 heavy (non-hydrogen) atoms. The number of aromatic nitrogens is 1. The molecule has 0 aromatic carbocycles. The highest BCUT2D eigenvalue weighted by Crippen LogP contribution is 2.07. The van der Waals surface area contributed by atoms with E-state index in [1.807, 2.05) is 5.32 Å². The number of rotatable bonds is 6. The molecule has 0 aliphatic carbocycles. The number of carbonyl (C=O) groups is 3. The Kier molecular flexibility index (Phi) is 5.07. The lowest BCUT2D eigenvalue weighted by Crippen LogP contribution is -2.46. The number of nitrogens with one attached hydrogen (secondary N) is 2. The van der Waals surface area contributed by atoms with Gasteiger partial charge in [0.1, 0.15) is 11.8 Å². The largest absolute Gasteiger partial charge is 0.481 e. The summed E-state index contributed by atoms with van der Waals surface area (Å²) in [7, 11) is 0. The maximum Gasteiger partial charge on any atom is 0.326 e. The molecule has 0 saturated carbocycles. The number of urea groups is 1. The molecule has 9 nitrogen and oxygen atoms in total. The molecule has 1 aromatic heterocycles. The number of amides is 2. The highest BCUT2D eigenvalue weighted by Gasteiger charge is 2.23. The van der Waals surface area contributed by atoms with E-state index in [-0.39, 0.29) is 12.4 Å². The topological polar surface area (TPSA) is 142 Å². The SMILES string of the molecule is Cc1nc(CNC(=O)N[C@H](CC(=O)O)C(=O)O)oc1C. The maximum absolute atomic E-state index is 11.5. The van der Waals surface area contributed by atoms with E-state index in [1.54, 1.807) is 13.8 Å². The normalized spacial score (nSPS) is 11.7. The van der Waals surface area contributed by atoms with Gasteiger partial charge in [0.15, 0.2) is 0 Å². The fraction of sp³-hybridized carbons (Fsp3) is 0.455. The molecule has 1 heterocycles. The standard InChI is InChI=1S/C11H15N3O6/c1-5-6(2)20-8(13-5)4-12-11(19)14-7(10(17)18)3-9(15)16/h7H,3-4H2,1-2H3,(H,15,16)(H,17,18)(H2,12,14,19)/t7-/m1/s1. The fourth-order valence-corrected chi connectivity index (χ4v) is 1.35. The maximum atomic E-state index is 11.5. The minimum absolute atomic E-state index is 0.0279. The molecule has 1 aromatic rings. The average Bonchev–Trinajstić information content (AvgIpc) is 2.65. The third-order valence-electron chi connectivity index (χ3n) is 2.46. The van der Waals surface area contributed by atoms with Gasteiger partial charge in [0.25, 0.3) is 0 Å². The summed E-state index contributed by atoms with van der Waals surface area (Å²) in [5.74, 6) is -1.85. The lowest BCUT2D eigenvalue weighted by atomic mass is 10.2. The molecule has 0 radical (unpaired) electrons. The first-order valence-electron chi connectivity index (χ1n) is 5.71. The van der Waals surface area contributed by atoms with Crippen molar-refractivity contribution in [1.82, 2.24) is 15.6 Å². The predicted molar refractivity (Wildman–Crippen MR) is 65.0 cm³/mol. The first-order chi connectivity index (χ1) is 9.29. The van der Waals surface area contributed by atoms with Crippen LogP contribution in [-0.2, 0) is 16.1 Å². The van der Waals surface area contributed by atoms with E-state index in [0.717, 1.165) is 0 Å². The van der Waals surface area contributed by atoms with E-state index in [9.17, 15) is 14.4 Å². The van der Waals surface area contributed by atoms with Gasteiger partial charge in [-0.3, -0.25) is 4.79 Å². The Morgan fingerprint density at radius 2 is 1.95 bits per heavy atom. The molecule has 110 valence electrons. The number of carboxylic acids is 2. The molecule has 0 spiro atoms. The van der Waals surface area contributed by atoms with Gasteiger partial charge in [-0.05, 0) is 13.8 Å². The van der Waals surface area contributed by atoms with Crippen LogP contribution in [0, 0.1) is 13.8 Å². The van der Waals surface area contributed by atoms with Crippen LogP contribution >= 0.6 is 0 Å². The molecule has 1 rings (SSSR count). The zero-order chi connectivity index (χ0) is 15.3. The van der Waals surface area contributed by atoms with Crippen molar-refractivity contribution in [2.45, 2.75) is 32.9 Å². The first-order valence-corrected chi connectivity index (χ1v) is 5.71. The summed E-state index contributed by atoms with van der Waals surface area (Å²) in [6.07, 6.45) is -0.708. The monoisotopic (exact) mass is 285 g/mol. The number of aryl methyl sites for hydroxylation is 2. The van der Waals surface area contributed by atoms with Crippen molar-refractivity contribution in [1.29, 1.82) is 0 Å². The van der Waals surface area contributed by atoms with E-state index in [1.165, 1.54) is 0 Å². The fourth-order valence-electron chi connectivity index (χ4n) is 1.35. The molecular formula is C11H15N3O6. The van der Waals surface area contributed by atoms with Gasteiger partial charge in [-0.15, -0.1) is 0 Å². The highest BCUT2D eigenvalue weighted by atomic mass is 16.4. The lowest BCUT2D eigenvalue weighted by Gasteiger charge is -2.12. The number of hydrogen-bond acceptors (Lipinski definition) is 5. The summed E-state index contributed by atoms with van der Waals surface area (Å²) in [4.78, 5) is 36.7. The Bertz CT molecular complexity index is 505. The molecular weight excluding hydrogens is 270 g/mol. The lowest BCUT2D eigenvalue weighted by molar-refractivity contribution is -0.145. The third-order valence-corrected chi connectivity index (χ3v) is 2.46. The molecule has 0 fully saturated rings. The second-order valence-electron chi connectivity index (χ2n) is 4.06. The van der Waals surface area contributed by atoms with E-state index in [0.29, 0.717) is 11.5 Å². The molecule has 4 N–H and O–H groups in total. The predicted octanol–water partition coefficient (Wildman–Crippen LogP) is 0.0185. The summed E-state index contributed by atoms with van der Waals surface area (Å²) < 4.78 is 5.22. The van der Waals surface area contributed by atoms with Crippen molar-refractivity contribution >= 4 is 18.0 Å². The third kappa shape index (κ3) is 4.59. The van der Waals surface area contributed by atoms with Crippen LogP contribution in [0.15, 0.2) is 4.42 Å². The van der Waals surface area contributed by atoms with Gasteiger partial charge in [-0.2, -0.15) is 0 Å². The molecule has 0 unspecified atom stereocenters. The Morgan fingerprint density at radius 3 is 2.40 bits per heavy atom. The van der Waals surface area contributed by atoms with Crippen LogP contribution in [0.3, 0.4) is 0 Å². The van der Waals surface area contributed by atoms with Crippen LogP contribution in [0.1, 0.15) is 23.8 Å². The van der Waals surface area contributed by atoms with Crippen LogP contribution in [0.25, 0.3) is 0 Å². The van der Waals surface area contributed by atoms with Crippen molar-refractivity contribution in [3.05, 3.63) is 17.3 Å². The van der Waals surface area contributed by atoms with E-state index < -0.39 is 30.4 Å². The Labute approximate surface area is 114 Å². The smallest absolute Gasteiger partial charge is 0.326 e. The first kappa shape index (κ1) is 15.5. The molecule has 2 amide bonds. The molecule has 0 aliphatic rings. The van der Waals surface area contributed by atoms with Crippen LogP contribution in [0.5, 0.6) is 0 Å². The Balaban J connectivity index is 2.49. The second kappa shape index (κ2) is 6.55.